The Balaban J connectivity index is 1.81. The van der Waals surface area contributed by atoms with Gasteiger partial charge in [-0.1, -0.05) is 51.7 Å². The third-order valence-corrected chi connectivity index (χ3v) is 5.11. The van der Waals surface area contributed by atoms with Crippen molar-refractivity contribution in [3.63, 3.8) is 0 Å². The minimum Gasteiger partial charge on any atom is -0.497 e. The number of ether oxygens (including phenoxy) is 1. The summed E-state index contributed by atoms with van der Waals surface area (Å²) in [7, 11) is 1.73. The van der Waals surface area contributed by atoms with Crippen LogP contribution in [-0.2, 0) is 6.42 Å². The lowest BCUT2D eigenvalue weighted by Crippen LogP contribution is -2.21. The van der Waals surface area contributed by atoms with Crippen molar-refractivity contribution >= 4 is 0 Å². The molecule has 1 heteroatoms. The van der Waals surface area contributed by atoms with Gasteiger partial charge in [0.15, 0.2) is 0 Å². The van der Waals surface area contributed by atoms with Gasteiger partial charge in [0.2, 0.25) is 0 Å². The molecule has 1 aliphatic carbocycles. The molecule has 0 aliphatic heterocycles. The predicted molar refractivity (Wildman–Crippen MR) is 86.2 cm³/mol. The lowest BCUT2D eigenvalue weighted by atomic mass is 9.74. The fourth-order valence-corrected chi connectivity index (χ4v) is 3.75. The highest BCUT2D eigenvalue weighted by Crippen LogP contribution is 2.36. The lowest BCUT2D eigenvalue weighted by Gasteiger charge is -2.32. The minimum atomic E-state index is 0.811. The molecule has 1 aromatic rings. The summed E-state index contributed by atoms with van der Waals surface area (Å²) in [6.07, 6.45) is 9.84. The van der Waals surface area contributed by atoms with E-state index in [-0.39, 0.29) is 0 Å². The molecule has 1 unspecified atom stereocenters. The van der Waals surface area contributed by atoms with Gasteiger partial charge in [0.1, 0.15) is 5.75 Å². The van der Waals surface area contributed by atoms with Gasteiger partial charge in [-0.3, -0.25) is 0 Å². The Kier molecular flexibility index (Phi) is 5.94. The average Bonchev–Trinajstić information content (AvgIpc) is 2.49. The first-order valence-electron chi connectivity index (χ1n) is 8.35. The maximum atomic E-state index is 5.23. The molecule has 1 saturated carbocycles. The summed E-state index contributed by atoms with van der Waals surface area (Å²) in [5.74, 6) is 3.72. The summed E-state index contributed by atoms with van der Waals surface area (Å²) >= 11 is 0. The van der Waals surface area contributed by atoms with Crippen LogP contribution in [0.25, 0.3) is 0 Å². The number of methoxy groups -OCH3 is 1. The summed E-state index contributed by atoms with van der Waals surface area (Å²) in [5.41, 5.74) is 1.45. The van der Waals surface area contributed by atoms with Crippen LogP contribution in [0.2, 0.25) is 0 Å². The fraction of sp³-hybridized carbons (Fsp3) is 0.684. The highest BCUT2D eigenvalue weighted by Gasteiger charge is 2.24. The first-order chi connectivity index (χ1) is 9.72. The van der Waals surface area contributed by atoms with Gasteiger partial charge >= 0.3 is 0 Å². The molecular weight excluding hydrogens is 244 g/mol. The Morgan fingerprint density at radius 1 is 1.10 bits per heavy atom. The van der Waals surface area contributed by atoms with E-state index in [1.807, 2.05) is 0 Å². The van der Waals surface area contributed by atoms with Crippen LogP contribution in [0.1, 0.15) is 57.9 Å². The third kappa shape index (κ3) is 4.26. The van der Waals surface area contributed by atoms with E-state index in [0.29, 0.717) is 0 Å². The van der Waals surface area contributed by atoms with Crippen LogP contribution >= 0.6 is 0 Å². The first-order valence-corrected chi connectivity index (χ1v) is 8.35. The van der Waals surface area contributed by atoms with Crippen molar-refractivity contribution in [1.29, 1.82) is 0 Å². The van der Waals surface area contributed by atoms with E-state index >= 15 is 0 Å². The monoisotopic (exact) mass is 274 g/mol. The Morgan fingerprint density at radius 2 is 1.75 bits per heavy atom. The van der Waals surface area contributed by atoms with Crippen LogP contribution in [0.4, 0.5) is 0 Å². The number of hydrogen-bond acceptors (Lipinski definition) is 1. The highest BCUT2D eigenvalue weighted by molar-refractivity contribution is 5.27. The Labute approximate surface area is 124 Å². The van der Waals surface area contributed by atoms with E-state index in [9.17, 15) is 0 Å². The van der Waals surface area contributed by atoms with Crippen molar-refractivity contribution in [2.45, 2.75) is 58.8 Å². The Morgan fingerprint density at radius 3 is 2.30 bits per heavy atom. The van der Waals surface area contributed by atoms with Gasteiger partial charge in [-0.25, -0.2) is 0 Å². The van der Waals surface area contributed by atoms with Gasteiger partial charge in [-0.2, -0.15) is 0 Å². The number of benzene rings is 1. The second-order valence-electron chi connectivity index (χ2n) is 6.60. The molecule has 0 radical (unpaired) electrons. The van der Waals surface area contributed by atoms with Gasteiger partial charge in [0.25, 0.3) is 0 Å². The average molecular weight is 274 g/mol. The molecule has 1 fully saturated rings. The maximum Gasteiger partial charge on any atom is 0.118 e. The van der Waals surface area contributed by atoms with Gasteiger partial charge in [0.05, 0.1) is 7.11 Å². The lowest BCUT2D eigenvalue weighted by molar-refractivity contribution is 0.206. The molecule has 0 spiro atoms. The van der Waals surface area contributed by atoms with Crippen LogP contribution in [-0.4, -0.2) is 7.11 Å². The Bertz CT molecular complexity index is 373. The van der Waals surface area contributed by atoms with Gasteiger partial charge in [-0.05, 0) is 54.7 Å². The molecule has 0 heterocycles. The number of hydrogen-bond donors (Lipinski definition) is 0. The normalized spacial score (nSPS) is 24.4. The number of rotatable bonds is 6. The van der Waals surface area contributed by atoms with Crippen LogP contribution in [0, 0.1) is 17.8 Å². The van der Waals surface area contributed by atoms with E-state index in [4.69, 9.17) is 4.74 Å². The van der Waals surface area contributed by atoms with Crippen molar-refractivity contribution in [1.82, 2.24) is 0 Å². The SMILES string of the molecule is CCCC1CCC(C(C)Cc2ccc(OC)cc2)CC1. The second kappa shape index (κ2) is 7.71. The zero-order valence-corrected chi connectivity index (χ0v) is 13.4. The molecule has 1 aliphatic rings. The van der Waals surface area contributed by atoms with Gasteiger partial charge in [0, 0.05) is 0 Å². The minimum absolute atomic E-state index is 0.811. The van der Waals surface area contributed by atoms with E-state index < -0.39 is 0 Å². The summed E-state index contributed by atoms with van der Waals surface area (Å²) in [6.45, 7) is 4.76. The zero-order valence-electron chi connectivity index (χ0n) is 13.4. The smallest absolute Gasteiger partial charge is 0.118 e. The summed E-state index contributed by atoms with van der Waals surface area (Å²) in [4.78, 5) is 0. The van der Waals surface area contributed by atoms with Crippen molar-refractivity contribution in [2.75, 3.05) is 7.11 Å². The predicted octanol–water partition coefficient (Wildman–Crippen LogP) is 5.48. The van der Waals surface area contributed by atoms with Crippen molar-refractivity contribution in [3.05, 3.63) is 29.8 Å². The standard InChI is InChI=1S/C19H30O/c1-4-5-16-6-10-18(11-7-16)15(2)14-17-8-12-19(20-3)13-9-17/h8-9,12-13,15-16,18H,4-7,10-11,14H2,1-3H3. The molecule has 1 atom stereocenters. The topological polar surface area (TPSA) is 9.23 Å². The van der Waals surface area contributed by atoms with Crippen molar-refractivity contribution in [3.8, 4) is 5.75 Å². The van der Waals surface area contributed by atoms with Crippen LogP contribution in [0.15, 0.2) is 24.3 Å². The molecule has 1 nitrogen and oxygen atoms in total. The van der Waals surface area contributed by atoms with E-state index in [1.165, 1.54) is 50.5 Å². The van der Waals surface area contributed by atoms with Crippen LogP contribution in [0.5, 0.6) is 5.75 Å². The Hall–Kier alpha value is -0.980. The molecular formula is C19H30O. The van der Waals surface area contributed by atoms with Crippen LogP contribution < -0.4 is 4.74 Å². The maximum absolute atomic E-state index is 5.23. The molecule has 0 aromatic heterocycles. The largest absolute Gasteiger partial charge is 0.497 e. The quantitative estimate of drug-likeness (QED) is 0.667. The van der Waals surface area contributed by atoms with Gasteiger partial charge < -0.3 is 4.74 Å². The van der Waals surface area contributed by atoms with Gasteiger partial charge in [-0.15, -0.1) is 0 Å². The molecule has 0 amide bonds. The summed E-state index contributed by atoms with van der Waals surface area (Å²) < 4.78 is 5.23. The molecule has 112 valence electrons. The summed E-state index contributed by atoms with van der Waals surface area (Å²) in [6, 6.07) is 8.61. The zero-order chi connectivity index (χ0) is 14.4. The molecule has 0 N–H and O–H groups in total. The van der Waals surface area contributed by atoms with Crippen LogP contribution in [0.3, 0.4) is 0 Å². The van der Waals surface area contributed by atoms with E-state index in [2.05, 4.69) is 38.1 Å². The highest BCUT2D eigenvalue weighted by atomic mass is 16.5. The molecule has 1 aromatic carbocycles. The molecule has 20 heavy (non-hydrogen) atoms. The molecule has 0 bridgehead atoms. The summed E-state index contributed by atoms with van der Waals surface area (Å²) in [5, 5.41) is 0. The second-order valence-corrected chi connectivity index (χ2v) is 6.60. The van der Waals surface area contributed by atoms with Crippen molar-refractivity contribution < 1.29 is 4.74 Å². The van der Waals surface area contributed by atoms with Crippen molar-refractivity contribution in [2.24, 2.45) is 17.8 Å². The van der Waals surface area contributed by atoms with E-state index in [0.717, 1.165) is 23.5 Å². The first kappa shape index (κ1) is 15.4. The fourth-order valence-electron chi connectivity index (χ4n) is 3.75. The molecule has 0 saturated heterocycles. The molecule has 2 rings (SSSR count). The third-order valence-electron chi connectivity index (χ3n) is 5.11. The van der Waals surface area contributed by atoms with E-state index in [1.54, 1.807) is 7.11 Å².